The van der Waals surface area contributed by atoms with Crippen molar-refractivity contribution in [1.29, 1.82) is 0 Å². The van der Waals surface area contributed by atoms with Gasteiger partial charge in [-0.2, -0.15) is 5.10 Å². The molecule has 2 heterocycles. The molecule has 0 bridgehead atoms. The molecule has 102 valence electrons. The third-order valence-corrected chi connectivity index (χ3v) is 3.44. The number of halogens is 2. The Labute approximate surface area is 131 Å². The number of nitrogens with one attached hydrogen (secondary N) is 1. The quantitative estimate of drug-likeness (QED) is 0.797. The van der Waals surface area contributed by atoms with Gasteiger partial charge in [-0.15, -0.1) is 0 Å². The summed E-state index contributed by atoms with van der Waals surface area (Å²) in [5, 5.41) is 8.28. The fourth-order valence-corrected chi connectivity index (χ4v) is 2.19. The maximum absolute atomic E-state index is 6.17. The highest BCUT2D eigenvalue weighted by Gasteiger charge is 2.06. The van der Waals surface area contributed by atoms with Gasteiger partial charge in [0.2, 0.25) is 0 Å². The molecule has 2 rings (SSSR count). The standard InChI is InChI=1S/C13H16ClIN4/c1-9(2)5-16-7-12-11(14)3-4-13(18-12)19-8-10(15)6-17-19/h3-4,6,8-9,16H,5,7H2,1-2H3. The molecule has 0 fully saturated rings. The topological polar surface area (TPSA) is 42.7 Å². The lowest BCUT2D eigenvalue weighted by molar-refractivity contribution is 0.548. The molecule has 0 amide bonds. The third-order valence-electron chi connectivity index (χ3n) is 2.53. The van der Waals surface area contributed by atoms with E-state index in [1.165, 1.54) is 0 Å². The molecule has 19 heavy (non-hydrogen) atoms. The molecule has 0 saturated carbocycles. The largest absolute Gasteiger partial charge is 0.311 e. The number of rotatable bonds is 5. The van der Waals surface area contributed by atoms with Crippen LogP contribution in [0.15, 0.2) is 24.5 Å². The van der Waals surface area contributed by atoms with E-state index < -0.39 is 0 Å². The van der Waals surface area contributed by atoms with Gasteiger partial charge < -0.3 is 5.32 Å². The highest BCUT2D eigenvalue weighted by Crippen LogP contribution is 2.16. The van der Waals surface area contributed by atoms with Crippen LogP contribution in [0.2, 0.25) is 5.02 Å². The third kappa shape index (κ3) is 4.15. The van der Waals surface area contributed by atoms with E-state index in [1.807, 2.05) is 18.3 Å². The Morgan fingerprint density at radius 3 is 2.84 bits per heavy atom. The Kier molecular flexibility index (Phi) is 5.18. The van der Waals surface area contributed by atoms with Crippen LogP contribution < -0.4 is 5.32 Å². The van der Waals surface area contributed by atoms with Crippen molar-refractivity contribution in [2.75, 3.05) is 6.54 Å². The second-order valence-electron chi connectivity index (χ2n) is 4.73. The molecule has 0 aliphatic carbocycles. The lowest BCUT2D eigenvalue weighted by Gasteiger charge is -2.09. The molecule has 0 saturated heterocycles. The summed E-state index contributed by atoms with van der Waals surface area (Å²) < 4.78 is 2.83. The maximum atomic E-state index is 6.17. The van der Waals surface area contributed by atoms with E-state index in [-0.39, 0.29) is 0 Å². The van der Waals surface area contributed by atoms with Gasteiger partial charge in [-0.1, -0.05) is 25.4 Å². The maximum Gasteiger partial charge on any atom is 0.153 e. The molecule has 0 spiro atoms. The van der Waals surface area contributed by atoms with Crippen molar-refractivity contribution in [3.05, 3.63) is 38.8 Å². The summed E-state index contributed by atoms with van der Waals surface area (Å²) in [6.07, 6.45) is 3.73. The number of aromatic nitrogens is 3. The lowest BCUT2D eigenvalue weighted by Crippen LogP contribution is -2.20. The Morgan fingerprint density at radius 1 is 1.42 bits per heavy atom. The molecule has 2 aromatic rings. The van der Waals surface area contributed by atoms with Gasteiger partial charge in [-0.05, 0) is 47.2 Å². The van der Waals surface area contributed by atoms with Gasteiger partial charge in [0.25, 0.3) is 0 Å². The van der Waals surface area contributed by atoms with Crippen molar-refractivity contribution in [2.24, 2.45) is 5.92 Å². The molecule has 0 aliphatic heterocycles. The average Bonchev–Trinajstić information content (AvgIpc) is 2.78. The Hall–Kier alpha value is -0.660. The summed E-state index contributed by atoms with van der Waals surface area (Å²) >= 11 is 8.39. The summed E-state index contributed by atoms with van der Waals surface area (Å²) in [4.78, 5) is 4.56. The predicted octanol–water partition coefficient (Wildman–Crippen LogP) is 3.27. The van der Waals surface area contributed by atoms with Crippen molar-refractivity contribution >= 4 is 34.2 Å². The fourth-order valence-electron chi connectivity index (χ4n) is 1.63. The lowest BCUT2D eigenvalue weighted by atomic mass is 10.2. The van der Waals surface area contributed by atoms with Crippen LogP contribution in [0, 0.1) is 9.49 Å². The molecular formula is C13H16ClIN4. The van der Waals surface area contributed by atoms with Gasteiger partial charge in [0, 0.05) is 12.7 Å². The molecule has 0 aromatic carbocycles. The normalized spacial score (nSPS) is 11.2. The first kappa shape index (κ1) is 14.7. The zero-order valence-electron chi connectivity index (χ0n) is 10.9. The van der Waals surface area contributed by atoms with Crippen LogP contribution in [-0.2, 0) is 6.54 Å². The minimum Gasteiger partial charge on any atom is -0.311 e. The smallest absolute Gasteiger partial charge is 0.153 e. The Balaban J connectivity index is 2.15. The highest BCUT2D eigenvalue weighted by atomic mass is 127. The van der Waals surface area contributed by atoms with Gasteiger partial charge in [0.15, 0.2) is 5.82 Å². The minimum absolute atomic E-state index is 0.606. The number of hydrogen-bond donors (Lipinski definition) is 1. The zero-order valence-corrected chi connectivity index (χ0v) is 13.8. The van der Waals surface area contributed by atoms with Crippen molar-refractivity contribution in [3.63, 3.8) is 0 Å². The van der Waals surface area contributed by atoms with Crippen molar-refractivity contribution in [2.45, 2.75) is 20.4 Å². The Morgan fingerprint density at radius 2 is 2.21 bits per heavy atom. The molecule has 0 atom stereocenters. The summed E-state index contributed by atoms with van der Waals surface area (Å²) in [5.74, 6) is 1.39. The molecule has 6 heteroatoms. The van der Waals surface area contributed by atoms with Crippen LogP contribution in [0.5, 0.6) is 0 Å². The summed E-state index contributed by atoms with van der Waals surface area (Å²) in [5.41, 5.74) is 0.852. The monoisotopic (exact) mass is 390 g/mol. The van der Waals surface area contributed by atoms with E-state index in [9.17, 15) is 0 Å². The zero-order chi connectivity index (χ0) is 13.8. The SMILES string of the molecule is CC(C)CNCc1nc(-n2cc(I)cn2)ccc1Cl. The van der Waals surface area contributed by atoms with E-state index in [0.29, 0.717) is 17.5 Å². The van der Waals surface area contributed by atoms with Gasteiger partial charge in [-0.3, -0.25) is 0 Å². The van der Waals surface area contributed by atoms with Crippen LogP contribution in [0.4, 0.5) is 0 Å². The highest BCUT2D eigenvalue weighted by molar-refractivity contribution is 14.1. The van der Waals surface area contributed by atoms with Crippen LogP contribution in [0.1, 0.15) is 19.5 Å². The average molecular weight is 391 g/mol. The molecule has 2 aromatic heterocycles. The van der Waals surface area contributed by atoms with Gasteiger partial charge in [0.05, 0.1) is 20.5 Å². The van der Waals surface area contributed by atoms with Crippen LogP contribution in [0.3, 0.4) is 0 Å². The van der Waals surface area contributed by atoms with Gasteiger partial charge in [-0.25, -0.2) is 9.67 Å². The van der Waals surface area contributed by atoms with Gasteiger partial charge >= 0.3 is 0 Å². The number of nitrogens with zero attached hydrogens (tertiary/aromatic N) is 3. The summed E-state index contributed by atoms with van der Waals surface area (Å²) in [6.45, 7) is 5.96. The predicted molar refractivity (Wildman–Crippen MR) is 85.6 cm³/mol. The summed E-state index contributed by atoms with van der Waals surface area (Å²) in [7, 11) is 0. The second-order valence-corrected chi connectivity index (χ2v) is 6.38. The van der Waals surface area contributed by atoms with Crippen LogP contribution >= 0.6 is 34.2 Å². The molecular weight excluding hydrogens is 375 g/mol. The first-order valence-corrected chi connectivity index (χ1v) is 7.58. The molecule has 0 aliphatic rings. The van der Waals surface area contributed by atoms with E-state index in [4.69, 9.17) is 11.6 Å². The van der Waals surface area contributed by atoms with Crippen LogP contribution in [0.25, 0.3) is 5.82 Å². The van der Waals surface area contributed by atoms with E-state index in [1.54, 1.807) is 10.9 Å². The van der Waals surface area contributed by atoms with E-state index >= 15 is 0 Å². The van der Waals surface area contributed by atoms with Crippen molar-refractivity contribution < 1.29 is 0 Å². The van der Waals surface area contributed by atoms with Crippen LogP contribution in [-0.4, -0.2) is 21.3 Å². The van der Waals surface area contributed by atoms with Crippen molar-refractivity contribution in [1.82, 2.24) is 20.1 Å². The molecule has 0 unspecified atom stereocenters. The molecule has 0 radical (unpaired) electrons. The summed E-state index contributed by atoms with van der Waals surface area (Å²) in [6, 6.07) is 3.74. The van der Waals surface area contributed by atoms with E-state index in [0.717, 1.165) is 21.6 Å². The number of hydrogen-bond acceptors (Lipinski definition) is 3. The molecule has 4 nitrogen and oxygen atoms in total. The molecule has 1 N–H and O–H groups in total. The minimum atomic E-state index is 0.606. The van der Waals surface area contributed by atoms with Crippen molar-refractivity contribution in [3.8, 4) is 5.82 Å². The first-order chi connectivity index (χ1) is 9.06. The number of pyridine rings is 1. The van der Waals surface area contributed by atoms with E-state index in [2.05, 4.69) is 51.8 Å². The first-order valence-electron chi connectivity index (χ1n) is 6.13. The second kappa shape index (κ2) is 6.67. The van der Waals surface area contributed by atoms with Gasteiger partial charge in [0.1, 0.15) is 0 Å². The fraction of sp³-hybridized carbons (Fsp3) is 0.385. The Bertz CT molecular complexity index is 553.